The van der Waals surface area contributed by atoms with Gasteiger partial charge in [-0.2, -0.15) is 0 Å². The summed E-state index contributed by atoms with van der Waals surface area (Å²) in [6.07, 6.45) is 17.5. The van der Waals surface area contributed by atoms with Crippen molar-refractivity contribution in [1.82, 2.24) is 0 Å². The van der Waals surface area contributed by atoms with Crippen molar-refractivity contribution in [2.24, 2.45) is 52.3 Å². The third kappa shape index (κ3) is 9.37. The molecule has 52 heavy (non-hydrogen) atoms. The van der Waals surface area contributed by atoms with Crippen molar-refractivity contribution >= 4 is 8.07 Å². The Morgan fingerprint density at radius 3 is 2.17 bits per heavy atom. The Morgan fingerprint density at radius 2 is 1.52 bits per heavy atom. The lowest BCUT2D eigenvalue weighted by Gasteiger charge is -2.58. The summed E-state index contributed by atoms with van der Waals surface area (Å²) >= 11 is 0. The van der Waals surface area contributed by atoms with E-state index in [1.807, 2.05) is 24.3 Å². The van der Waals surface area contributed by atoms with E-state index in [9.17, 15) is 10.2 Å². The van der Waals surface area contributed by atoms with Gasteiger partial charge in [0.25, 0.3) is 0 Å². The van der Waals surface area contributed by atoms with Gasteiger partial charge in [0.2, 0.25) is 0 Å². The lowest BCUT2D eigenvalue weighted by Crippen LogP contribution is -2.50. The van der Waals surface area contributed by atoms with Gasteiger partial charge in [-0.05, 0) is 140 Å². The van der Waals surface area contributed by atoms with Crippen LogP contribution in [0.5, 0.6) is 11.5 Å². The Hall–Kier alpha value is -1.74. The summed E-state index contributed by atoms with van der Waals surface area (Å²) < 4.78 is 12.2. The second kappa shape index (κ2) is 18.3. The van der Waals surface area contributed by atoms with E-state index in [-0.39, 0.29) is 13.2 Å². The minimum Gasteiger partial charge on any atom is -0.487 e. The summed E-state index contributed by atoms with van der Waals surface area (Å²) in [4.78, 5) is 0. The highest BCUT2D eigenvalue weighted by Crippen LogP contribution is 2.67. The van der Waals surface area contributed by atoms with Crippen LogP contribution in [0.3, 0.4) is 0 Å². The van der Waals surface area contributed by atoms with E-state index in [2.05, 4.69) is 72.9 Å². The molecule has 0 bridgehead atoms. The van der Waals surface area contributed by atoms with Crippen molar-refractivity contribution in [3.8, 4) is 23.0 Å². The summed E-state index contributed by atoms with van der Waals surface area (Å²) in [5.74, 6) is 10.2. The highest BCUT2D eigenvalue weighted by Gasteiger charge is 2.59. The largest absolute Gasteiger partial charge is 0.487 e. The Bertz CT molecular complexity index is 1360. The molecule has 5 heteroatoms. The standard InChI is InChI=1S/C47H76O4Si/c1-9-52(10-2,11-3)29-15-18-38(48)32-50-44-19-12-13-20-45(44)51-33-39(49)31-36-25-27-46(7)37(30-36)21-22-40-42-24-23-41(35(6)17-14-16-34(4)5)47(42,8)28-26-43(40)46/h12-13,19-21,34-36,38-43,48-49H,9-11,14,16-18,22-28,30-33H2,1-8H3/t35-,36?,38?,39?,40+,41-,42+,43+,46+,47-/m1/s1. The lowest BCUT2D eigenvalue weighted by molar-refractivity contribution is -0.0542. The van der Waals surface area contributed by atoms with Crippen LogP contribution in [-0.2, 0) is 0 Å². The van der Waals surface area contributed by atoms with Crippen molar-refractivity contribution in [3.63, 3.8) is 0 Å². The number of ether oxygens (including phenoxy) is 2. The Kier molecular flexibility index (Phi) is 14.5. The molecular weight excluding hydrogens is 657 g/mol. The number of hydrogen-bond acceptors (Lipinski definition) is 4. The van der Waals surface area contributed by atoms with Gasteiger partial charge in [-0.1, -0.05) is 98.4 Å². The van der Waals surface area contributed by atoms with Crippen LogP contribution in [0.1, 0.15) is 139 Å². The number of para-hydroxylation sites is 2. The van der Waals surface area contributed by atoms with Gasteiger partial charge in [-0.3, -0.25) is 0 Å². The van der Waals surface area contributed by atoms with Crippen LogP contribution >= 0.6 is 0 Å². The molecular formula is C47H76O4Si. The molecule has 5 rings (SSSR count). The van der Waals surface area contributed by atoms with Gasteiger partial charge in [-0.15, -0.1) is 11.5 Å². The SMILES string of the molecule is CC[Si](C#CCC(O)COc1ccccc1OCC(O)CC1CC[C@@]2(C)C(=CC[C@H]3[C@@H]4CC[C@H]([C@H](C)CCCC(C)C)[C@@]4(C)CC[C@@H]32)C1)(CC)CC. The van der Waals surface area contributed by atoms with Crippen LogP contribution in [0.4, 0.5) is 0 Å². The van der Waals surface area contributed by atoms with E-state index >= 15 is 0 Å². The minimum absolute atomic E-state index is 0.173. The molecule has 0 amide bonds. The molecule has 0 saturated heterocycles. The fourth-order valence-corrected chi connectivity index (χ4v) is 14.4. The minimum atomic E-state index is -1.52. The van der Waals surface area contributed by atoms with Gasteiger partial charge in [0.15, 0.2) is 11.5 Å². The predicted octanol–water partition coefficient (Wildman–Crippen LogP) is 11.7. The summed E-state index contributed by atoms with van der Waals surface area (Å²) in [7, 11) is -1.52. The highest BCUT2D eigenvalue weighted by atomic mass is 28.3. The first-order chi connectivity index (χ1) is 24.9. The van der Waals surface area contributed by atoms with Crippen molar-refractivity contribution < 1.29 is 19.7 Å². The number of aliphatic hydroxyl groups excluding tert-OH is 2. The number of allylic oxidation sites excluding steroid dienone is 2. The molecule has 1 aromatic rings. The summed E-state index contributed by atoms with van der Waals surface area (Å²) in [5.41, 5.74) is 6.13. The fraction of sp³-hybridized carbons (Fsp3) is 0.787. The second-order valence-corrected chi connectivity index (χ2v) is 23.8. The summed E-state index contributed by atoms with van der Waals surface area (Å²) in [5, 5.41) is 21.8. The van der Waals surface area contributed by atoms with Crippen molar-refractivity contribution in [1.29, 1.82) is 0 Å². The predicted molar refractivity (Wildman–Crippen MR) is 220 cm³/mol. The maximum atomic E-state index is 11.2. The van der Waals surface area contributed by atoms with E-state index in [0.717, 1.165) is 66.5 Å². The van der Waals surface area contributed by atoms with Crippen molar-refractivity contribution in [2.45, 2.75) is 169 Å². The maximum absolute atomic E-state index is 11.2. The second-order valence-electron chi connectivity index (χ2n) is 18.9. The smallest absolute Gasteiger partial charge is 0.161 e. The molecule has 3 fully saturated rings. The maximum Gasteiger partial charge on any atom is 0.161 e. The zero-order valence-electron chi connectivity index (χ0n) is 34.5. The zero-order chi connectivity index (χ0) is 37.5. The van der Waals surface area contributed by atoms with Gasteiger partial charge in [0.1, 0.15) is 21.3 Å². The average molecular weight is 733 g/mol. The van der Waals surface area contributed by atoms with Gasteiger partial charge in [0, 0.05) is 6.42 Å². The molecule has 0 radical (unpaired) electrons. The molecule has 3 saturated carbocycles. The van der Waals surface area contributed by atoms with Crippen molar-refractivity contribution in [2.75, 3.05) is 13.2 Å². The molecule has 4 aliphatic carbocycles. The van der Waals surface area contributed by atoms with E-state index in [0.29, 0.717) is 34.7 Å². The number of aliphatic hydroxyl groups is 2. The molecule has 0 aliphatic heterocycles. The Morgan fingerprint density at radius 1 is 0.846 bits per heavy atom. The van der Waals surface area contributed by atoms with Crippen LogP contribution in [0, 0.1) is 63.7 Å². The molecule has 0 spiro atoms. The number of rotatable bonds is 17. The van der Waals surface area contributed by atoms with Gasteiger partial charge in [-0.25, -0.2) is 0 Å². The normalized spacial score (nSPS) is 31.7. The first-order valence-electron chi connectivity index (χ1n) is 21.8. The number of hydrogen-bond donors (Lipinski definition) is 2. The van der Waals surface area contributed by atoms with E-state index in [1.54, 1.807) is 5.57 Å². The van der Waals surface area contributed by atoms with Crippen LogP contribution in [-0.4, -0.2) is 43.7 Å². The van der Waals surface area contributed by atoms with Gasteiger partial charge in [0.05, 0.1) is 12.2 Å². The highest BCUT2D eigenvalue weighted by molar-refractivity contribution is 6.87. The first-order valence-corrected chi connectivity index (χ1v) is 24.4. The Balaban J connectivity index is 1.11. The lowest BCUT2D eigenvalue weighted by atomic mass is 9.46. The van der Waals surface area contributed by atoms with Crippen LogP contribution in [0.2, 0.25) is 18.1 Å². The first kappa shape index (κ1) is 41.4. The Labute approximate surface area is 320 Å². The van der Waals surface area contributed by atoms with Gasteiger partial charge >= 0.3 is 0 Å². The number of fused-ring (bicyclic) bond motifs is 5. The van der Waals surface area contributed by atoms with Crippen LogP contribution < -0.4 is 9.47 Å². The molecule has 10 atom stereocenters. The average Bonchev–Trinajstić information content (AvgIpc) is 3.49. The molecule has 3 unspecified atom stereocenters. The fourth-order valence-electron chi connectivity index (χ4n) is 11.9. The summed E-state index contributed by atoms with van der Waals surface area (Å²) in [6.45, 7) is 19.8. The molecule has 4 aliphatic rings. The monoisotopic (exact) mass is 733 g/mol. The molecule has 292 valence electrons. The molecule has 0 aromatic heterocycles. The quantitative estimate of drug-likeness (QED) is 0.0951. The third-order valence-electron chi connectivity index (χ3n) is 15.4. The van der Waals surface area contributed by atoms with Crippen LogP contribution in [0.15, 0.2) is 35.9 Å². The molecule has 1 aromatic carbocycles. The molecule has 2 N–H and O–H groups in total. The molecule has 0 heterocycles. The third-order valence-corrected chi connectivity index (χ3v) is 20.2. The van der Waals surface area contributed by atoms with E-state index in [1.165, 1.54) is 64.2 Å². The van der Waals surface area contributed by atoms with E-state index < -0.39 is 20.3 Å². The van der Waals surface area contributed by atoms with E-state index in [4.69, 9.17) is 9.47 Å². The van der Waals surface area contributed by atoms with Crippen LogP contribution in [0.25, 0.3) is 0 Å². The van der Waals surface area contributed by atoms with Crippen molar-refractivity contribution in [3.05, 3.63) is 35.9 Å². The van der Waals surface area contributed by atoms with Gasteiger partial charge < -0.3 is 19.7 Å². The molecule has 4 nitrogen and oxygen atoms in total. The number of benzene rings is 1. The summed E-state index contributed by atoms with van der Waals surface area (Å²) in [6, 6.07) is 11.1. The zero-order valence-corrected chi connectivity index (χ0v) is 35.5. The topological polar surface area (TPSA) is 58.9 Å².